The minimum absolute atomic E-state index is 0.0902. The largest absolute Gasteiger partial charge is 0.365 e. The fourth-order valence-corrected chi connectivity index (χ4v) is 2.85. The van der Waals surface area contributed by atoms with E-state index in [-0.39, 0.29) is 11.4 Å². The Balaban J connectivity index is 1.56. The van der Waals surface area contributed by atoms with Crippen LogP contribution in [0.25, 0.3) is 11.0 Å². The van der Waals surface area contributed by atoms with Gasteiger partial charge in [-0.2, -0.15) is 5.10 Å². The van der Waals surface area contributed by atoms with Crippen LogP contribution in [0.3, 0.4) is 0 Å². The molecule has 28 heavy (non-hydrogen) atoms. The summed E-state index contributed by atoms with van der Waals surface area (Å²) in [4.78, 5) is 20.9. The molecule has 0 saturated carbocycles. The summed E-state index contributed by atoms with van der Waals surface area (Å²) in [6.07, 6.45) is 4.39. The highest BCUT2D eigenvalue weighted by molar-refractivity contribution is 6.30. The van der Waals surface area contributed by atoms with Crippen LogP contribution >= 0.6 is 11.6 Å². The Labute approximate surface area is 164 Å². The van der Waals surface area contributed by atoms with Crippen molar-refractivity contribution in [3.63, 3.8) is 0 Å². The molecule has 4 aromatic rings. The topological polar surface area (TPSA) is 95.6 Å². The van der Waals surface area contributed by atoms with Gasteiger partial charge in [-0.15, -0.1) is 0 Å². The summed E-state index contributed by atoms with van der Waals surface area (Å²) in [5.74, 6) is -0.825. The molecular formula is C19H14ClFN6O. The van der Waals surface area contributed by atoms with Crippen LogP contribution in [0, 0.1) is 5.82 Å². The Morgan fingerprint density at radius 1 is 1.14 bits per heavy atom. The molecule has 0 aliphatic carbocycles. The average Bonchev–Trinajstić information content (AvgIpc) is 3.18. The molecule has 0 atom stereocenters. The molecule has 3 aromatic heterocycles. The summed E-state index contributed by atoms with van der Waals surface area (Å²) in [5.41, 5.74) is 2.20. The number of nitrogens with zero attached hydrogens (tertiary/aromatic N) is 3. The lowest BCUT2D eigenvalue weighted by atomic mass is 10.2. The van der Waals surface area contributed by atoms with Gasteiger partial charge in [-0.05, 0) is 42.0 Å². The minimum atomic E-state index is -0.604. The first-order valence-corrected chi connectivity index (χ1v) is 8.71. The first kappa shape index (κ1) is 17.9. The highest BCUT2D eigenvalue weighted by Gasteiger charge is 2.15. The van der Waals surface area contributed by atoms with Crippen molar-refractivity contribution in [2.45, 2.75) is 6.54 Å². The number of anilines is 2. The number of hydrogen-bond donors (Lipinski definition) is 3. The van der Waals surface area contributed by atoms with Gasteiger partial charge in [0.25, 0.3) is 5.91 Å². The Hall–Kier alpha value is -3.52. The number of aromatic amines is 1. The molecule has 0 fully saturated rings. The number of nitrogens with one attached hydrogen (secondary N) is 3. The number of H-pyrrole nitrogens is 1. The van der Waals surface area contributed by atoms with Gasteiger partial charge in [0.2, 0.25) is 0 Å². The summed E-state index contributed by atoms with van der Waals surface area (Å²) in [6, 6.07) is 9.60. The molecule has 140 valence electrons. The summed E-state index contributed by atoms with van der Waals surface area (Å²) in [5, 5.41) is 14.0. The van der Waals surface area contributed by atoms with Crippen molar-refractivity contribution < 1.29 is 9.18 Å². The summed E-state index contributed by atoms with van der Waals surface area (Å²) in [7, 11) is 0. The predicted molar refractivity (Wildman–Crippen MR) is 105 cm³/mol. The molecule has 1 amide bonds. The number of carbonyl (C=O) groups excluding carboxylic acids is 1. The molecule has 0 unspecified atom stereocenters. The van der Waals surface area contributed by atoms with Gasteiger partial charge < -0.3 is 10.6 Å². The fraction of sp³-hybridized carbons (Fsp3) is 0.0526. The first-order chi connectivity index (χ1) is 13.6. The van der Waals surface area contributed by atoms with E-state index in [1.165, 1.54) is 0 Å². The van der Waals surface area contributed by atoms with Gasteiger partial charge in [0.1, 0.15) is 11.6 Å². The van der Waals surface area contributed by atoms with Crippen molar-refractivity contribution in [1.29, 1.82) is 0 Å². The van der Waals surface area contributed by atoms with Crippen LogP contribution in [0.1, 0.15) is 15.9 Å². The van der Waals surface area contributed by atoms with Crippen LogP contribution in [0.4, 0.5) is 15.9 Å². The maximum absolute atomic E-state index is 13.7. The number of halogens is 2. The molecule has 0 saturated heterocycles. The third-order valence-corrected chi connectivity index (χ3v) is 4.34. The van der Waals surface area contributed by atoms with Crippen LogP contribution in [0.5, 0.6) is 0 Å². The summed E-state index contributed by atoms with van der Waals surface area (Å²) < 4.78 is 13.7. The number of aromatic nitrogens is 4. The number of amides is 1. The third-order valence-electron chi connectivity index (χ3n) is 4.09. The van der Waals surface area contributed by atoms with E-state index in [1.807, 2.05) is 6.07 Å². The van der Waals surface area contributed by atoms with E-state index in [9.17, 15) is 9.18 Å². The van der Waals surface area contributed by atoms with Gasteiger partial charge >= 0.3 is 0 Å². The van der Waals surface area contributed by atoms with Crippen molar-refractivity contribution in [2.24, 2.45) is 0 Å². The van der Waals surface area contributed by atoms with Gasteiger partial charge in [-0.1, -0.05) is 11.6 Å². The molecule has 9 heteroatoms. The first-order valence-electron chi connectivity index (χ1n) is 8.33. The zero-order valence-electron chi connectivity index (χ0n) is 14.4. The third kappa shape index (κ3) is 3.77. The fourth-order valence-electron chi connectivity index (χ4n) is 2.72. The van der Waals surface area contributed by atoms with E-state index in [0.29, 0.717) is 22.9 Å². The molecule has 7 nitrogen and oxygen atoms in total. The number of pyridine rings is 2. The van der Waals surface area contributed by atoms with Gasteiger partial charge in [0.05, 0.1) is 18.0 Å². The lowest BCUT2D eigenvalue weighted by Crippen LogP contribution is -2.16. The van der Waals surface area contributed by atoms with Crippen LogP contribution in [0.15, 0.2) is 55.0 Å². The van der Waals surface area contributed by atoms with E-state index < -0.39 is 11.7 Å². The van der Waals surface area contributed by atoms with E-state index >= 15 is 0 Å². The van der Waals surface area contributed by atoms with Crippen molar-refractivity contribution in [1.82, 2.24) is 20.2 Å². The molecular weight excluding hydrogens is 383 g/mol. The zero-order valence-corrected chi connectivity index (χ0v) is 15.2. The second kappa shape index (κ2) is 7.61. The molecule has 1 aromatic carbocycles. The van der Waals surface area contributed by atoms with E-state index in [2.05, 4.69) is 30.8 Å². The second-order valence-corrected chi connectivity index (χ2v) is 6.40. The predicted octanol–water partition coefficient (Wildman–Crippen LogP) is 4.01. The van der Waals surface area contributed by atoms with E-state index in [0.717, 1.165) is 23.2 Å². The molecule has 0 spiro atoms. The SMILES string of the molecule is O=C(Nc1ccc(Cl)cc1)c1cc(F)cnc1NCc1ccnc2[nH]ncc12. The Morgan fingerprint density at radius 2 is 1.96 bits per heavy atom. The number of carbonyl (C=O) groups is 1. The number of hydrogen-bond acceptors (Lipinski definition) is 5. The molecule has 3 N–H and O–H groups in total. The van der Waals surface area contributed by atoms with Crippen molar-refractivity contribution in [3.05, 3.63) is 77.0 Å². The van der Waals surface area contributed by atoms with Gasteiger partial charge in [-0.25, -0.2) is 14.4 Å². The maximum Gasteiger partial charge on any atom is 0.259 e. The van der Waals surface area contributed by atoms with E-state index in [4.69, 9.17) is 11.6 Å². The van der Waals surface area contributed by atoms with Gasteiger partial charge in [0.15, 0.2) is 5.65 Å². The van der Waals surface area contributed by atoms with Crippen molar-refractivity contribution in [2.75, 3.05) is 10.6 Å². The standard InChI is InChI=1S/C19H14ClFN6O/c20-12-1-3-14(4-2-12)26-19(28)15-7-13(21)9-24-17(15)23-8-11-5-6-22-18-16(11)10-25-27-18/h1-7,9-10H,8H2,(H,23,24)(H,26,28)(H,22,25,27). The van der Waals surface area contributed by atoms with Crippen molar-refractivity contribution >= 4 is 40.0 Å². The van der Waals surface area contributed by atoms with Crippen LogP contribution in [-0.2, 0) is 6.54 Å². The molecule has 0 aliphatic heterocycles. The van der Waals surface area contributed by atoms with Crippen LogP contribution < -0.4 is 10.6 Å². The van der Waals surface area contributed by atoms with Crippen LogP contribution in [0.2, 0.25) is 5.02 Å². The number of fused-ring (bicyclic) bond motifs is 1. The maximum atomic E-state index is 13.7. The minimum Gasteiger partial charge on any atom is -0.365 e. The van der Waals surface area contributed by atoms with Gasteiger partial charge in [0, 0.05) is 28.8 Å². The lowest BCUT2D eigenvalue weighted by molar-refractivity contribution is 0.102. The second-order valence-electron chi connectivity index (χ2n) is 5.97. The Bertz CT molecular complexity index is 1140. The molecule has 0 bridgehead atoms. The number of rotatable bonds is 5. The summed E-state index contributed by atoms with van der Waals surface area (Å²) in [6.45, 7) is 0.360. The van der Waals surface area contributed by atoms with E-state index in [1.54, 1.807) is 36.7 Å². The zero-order chi connectivity index (χ0) is 19.5. The quantitative estimate of drug-likeness (QED) is 0.473. The Morgan fingerprint density at radius 3 is 2.79 bits per heavy atom. The Kier molecular flexibility index (Phi) is 4.86. The smallest absolute Gasteiger partial charge is 0.259 e. The highest BCUT2D eigenvalue weighted by Crippen LogP contribution is 2.20. The highest BCUT2D eigenvalue weighted by atomic mass is 35.5. The molecule has 0 radical (unpaired) electrons. The summed E-state index contributed by atoms with van der Waals surface area (Å²) >= 11 is 5.85. The average molecular weight is 397 g/mol. The lowest BCUT2D eigenvalue weighted by Gasteiger charge is -2.12. The van der Waals surface area contributed by atoms with Gasteiger partial charge in [-0.3, -0.25) is 9.89 Å². The molecule has 0 aliphatic rings. The molecule has 3 heterocycles. The number of benzene rings is 1. The normalized spacial score (nSPS) is 10.8. The molecule has 4 rings (SSSR count). The van der Waals surface area contributed by atoms with Crippen LogP contribution in [-0.4, -0.2) is 26.1 Å². The monoisotopic (exact) mass is 396 g/mol. The van der Waals surface area contributed by atoms with Crippen molar-refractivity contribution in [3.8, 4) is 0 Å².